The lowest BCUT2D eigenvalue weighted by atomic mass is 10.1. The number of alkyl halides is 1. The van der Waals surface area contributed by atoms with Crippen LogP contribution in [0.3, 0.4) is 0 Å². The topological polar surface area (TPSA) is 50.5 Å². The van der Waals surface area contributed by atoms with Gasteiger partial charge in [0.25, 0.3) is 0 Å². The maximum atomic E-state index is 12.6. The summed E-state index contributed by atoms with van der Waals surface area (Å²) in [6, 6.07) is 1.75. The average Bonchev–Trinajstić information content (AvgIpc) is 3.02. The molecule has 100 valence electrons. The van der Waals surface area contributed by atoms with Gasteiger partial charge in [0, 0.05) is 18.7 Å². The van der Waals surface area contributed by atoms with Crippen molar-refractivity contribution in [3.63, 3.8) is 0 Å². The number of furan rings is 1. The van der Waals surface area contributed by atoms with Crippen molar-refractivity contribution >= 4 is 21.6 Å². The molecule has 1 saturated carbocycles. The van der Waals surface area contributed by atoms with E-state index in [9.17, 15) is 8.42 Å². The molecule has 0 amide bonds. The lowest BCUT2D eigenvalue weighted by molar-refractivity contribution is 0.333. The highest BCUT2D eigenvalue weighted by Crippen LogP contribution is 2.41. The van der Waals surface area contributed by atoms with Crippen molar-refractivity contribution in [2.75, 3.05) is 6.54 Å². The van der Waals surface area contributed by atoms with Crippen LogP contribution in [0.5, 0.6) is 0 Å². The van der Waals surface area contributed by atoms with Gasteiger partial charge >= 0.3 is 0 Å². The number of piperidine rings is 1. The van der Waals surface area contributed by atoms with Gasteiger partial charge in [0.2, 0.25) is 10.0 Å². The van der Waals surface area contributed by atoms with Crippen LogP contribution in [-0.2, 0) is 15.9 Å². The number of hydrogen-bond donors (Lipinski definition) is 0. The first-order valence-electron chi connectivity index (χ1n) is 6.19. The number of nitrogens with zero attached hydrogens (tertiary/aromatic N) is 1. The van der Waals surface area contributed by atoms with Crippen molar-refractivity contribution < 1.29 is 12.8 Å². The number of halogens is 1. The third kappa shape index (κ3) is 1.80. The van der Waals surface area contributed by atoms with Crippen molar-refractivity contribution in [1.29, 1.82) is 0 Å². The largest absolute Gasteiger partial charge is 0.464 e. The van der Waals surface area contributed by atoms with Crippen LogP contribution in [0.2, 0.25) is 0 Å². The summed E-state index contributed by atoms with van der Waals surface area (Å²) in [5.74, 6) is 1.69. The quantitative estimate of drug-likeness (QED) is 0.803. The maximum Gasteiger partial charge on any atom is 0.246 e. The van der Waals surface area contributed by atoms with Gasteiger partial charge in [0.1, 0.15) is 16.4 Å². The summed E-state index contributed by atoms with van der Waals surface area (Å²) in [5.41, 5.74) is 0. The first-order chi connectivity index (χ1) is 8.52. The molecule has 2 heterocycles. The summed E-state index contributed by atoms with van der Waals surface area (Å²) in [6.07, 6.45) is 3.16. The van der Waals surface area contributed by atoms with E-state index in [0.29, 0.717) is 24.0 Å². The second-order valence-corrected chi connectivity index (χ2v) is 7.30. The summed E-state index contributed by atoms with van der Waals surface area (Å²) in [7, 11) is -3.41. The smallest absolute Gasteiger partial charge is 0.246 e. The van der Waals surface area contributed by atoms with Gasteiger partial charge in [-0.05, 0) is 32.1 Å². The molecule has 0 radical (unpaired) electrons. The van der Waals surface area contributed by atoms with Crippen molar-refractivity contribution in [2.24, 2.45) is 5.92 Å². The van der Waals surface area contributed by atoms with Crippen LogP contribution in [0.25, 0.3) is 0 Å². The molecule has 6 heteroatoms. The molecule has 1 aliphatic heterocycles. The molecule has 18 heavy (non-hydrogen) atoms. The zero-order valence-electron chi connectivity index (χ0n) is 10.2. The Bertz CT molecular complexity index is 566. The van der Waals surface area contributed by atoms with Gasteiger partial charge in [-0.2, -0.15) is 4.31 Å². The predicted molar refractivity (Wildman–Crippen MR) is 68.0 cm³/mol. The summed E-state index contributed by atoms with van der Waals surface area (Å²) in [6.45, 7) is 2.34. The average molecular weight is 290 g/mol. The molecule has 3 rings (SSSR count). The van der Waals surface area contributed by atoms with E-state index < -0.39 is 10.0 Å². The Morgan fingerprint density at radius 3 is 2.78 bits per heavy atom. The number of fused-ring (bicyclic) bond motifs is 2. The minimum Gasteiger partial charge on any atom is -0.464 e. The highest BCUT2D eigenvalue weighted by molar-refractivity contribution is 7.89. The Morgan fingerprint density at radius 2 is 2.28 bits per heavy atom. The van der Waals surface area contributed by atoms with Crippen LogP contribution >= 0.6 is 11.6 Å². The minimum absolute atomic E-state index is 0.189. The van der Waals surface area contributed by atoms with Gasteiger partial charge in [-0.25, -0.2) is 8.42 Å². The molecule has 1 aromatic rings. The minimum atomic E-state index is -3.41. The van der Waals surface area contributed by atoms with Gasteiger partial charge in [0.05, 0.1) is 5.88 Å². The maximum absolute atomic E-state index is 12.6. The normalized spacial score (nSPS) is 28.1. The molecule has 0 N–H and O–H groups in total. The molecule has 1 aromatic heterocycles. The molecular weight excluding hydrogens is 274 g/mol. The summed E-state index contributed by atoms with van der Waals surface area (Å²) in [4.78, 5) is 0.283. The van der Waals surface area contributed by atoms with E-state index in [4.69, 9.17) is 16.0 Å². The second-order valence-electron chi connectivity index (χ2n) is 5.17. The van der Waals surface area contributed by atoms with Crippen molar-refractivity contribution in [1.82, 2.24) is 4.31 Å². The monoisotopic (exact) mass is 289 g/mol. The van der Waals surface area contributed by atoms with E-state index >= 15 is 0 Å². The van der Waals surface area contributed by atoms with E-state index in [1.807, 2.05) is 0 Å². The SMILES string of the molecule is Cc1oc(CCl)cc1S(=O)(=O)N1CC2CCC1C2. The zero-order valence-corrected chi connectivity index (χ0v) is 11.8. The predicted octanol–water partition coefficient (Wildman–Crippen LogP) is 2.50. The van der Waals surface area contributed by atoms with E-state index in [-0.39, 0.29) is 16.8 Å². The molecular formula is C12H16ClNO3S. The Kier molecular flexibility index (Phi) is 2.95. The van der Waals surface area contributed by atoms with E-state index in [1.165, 1.54) is 0 Å². The van der Waals surface area contributed by atoms with Crippen LogP contribution in [-0.4, -0.2) is 25.3 Å². The summed E-state index contributed by atoms with van der Waals surface area (Å²) < 4.78 is 32.2. The molecule has 0 spiro atoms. The fraction of sp³-hybridized carbons (Fsp3) is 0.667. The molecule has 2 atom stereocenters. The Hall–Kier alpha value is -0.520. The van der Waals surface area contributed by atoms with Crippen molar-refractivity contribution in [3.8, 4) is 0 Å². The first-order valence-corrected chi connectivity index (χ1v) is 8.17. The fourth-order valence-corrected chi connectivity index (χ4v) is 5.21. The van der Waals surface area contributed by atoms with Gasteiger partial charge in [0.15, 0.2) is 0 Å². The number of aryl methyl sites for hydroxylation is 1. The summed E-state index contributed by atoms with van der Waals surface area (Å²) in [5, 5.41) is 0. The molecule has 2 bridgehead atoms. The van der Waals surface area contributed by atoms with Crippen molar-refractivity contribution in [2.45, 2.75) is 43.0 Å². The first kappa shape index (κ1) is 12.5. The third-order valence-electron chi connectivity index (χ3n) is 4.00. The second kappa shape index (κ2) is 4.25. The lowest BCUT2D eigenvalue weighted by Crippen LogP contribution is -2.37. The van der Waals surface area contributed by atoms with Gasteiger partial charge in [-0.3, -0.25) is 0 Å². The zero-order chi connectivity index (χ0) is 12.9. The molecule has 1 aliphatic carbocycles. The summed E-state index contributed by atoms with van der Waals surface area (Å²) >= 11 is 5.68. The van der Waals surface area contributed by atoms with Crippen LogP contribution in [0.1, 0.15) is 30.8 Å². The van der Waals surface area contributed by atoms with Crippen LogP contribution < -0.4 is 0 Å². The lowest BCUT2D eigenvalue weighted by Gasteiger charge is -2.25. The molecule has 2 unspecified atom stereocenters. The number of rotatable bonds is 3. The van der Waals surface area contributed by atoms with Gasteiger partial charge in [-0.1, -0.05) is 0 Å². The Balaban J connectivity index is 1.97. The molecule has 4 nitrogen and oxygen atoms in total. The van der Waals surface area contributed by atoms with Crippen LogP contribution in [0.4, 0.5) is 0 Å². The number of sulfonamides is 1. The highest BCUT2D eigenvalue weighted by atomic mass is 35.5. The van der Waals surface area contributed by atoms with Crippen LogP contribution in [0, 0.1) is 12.8 Å². The fourth-order valence-electron chi connectivity index (χ4n) is 3.15. The number of hydrogen-bond acceptors (Lipinski definition) is 3. The van der Waals surface area contributed by atoms with Crippen molar-refractivity contribution in [3.05, 3.63) is 17.6 Å². The van der Waals surface area contributed by atoms with E-state index in [1.54, 1.807) is 17.3 Å². The van der Waals surface area contributed by atoms with Crippen LogP contribution in [0.15, 0.2) is 15.4 Å². The standard InChI is InChI=1S/C12H16ClNO3S/c1-8-12(5-11(6-13)17-8)18(15,16)14-7-9-2-3-10(14)4-9/h5,9-10H,2-4,6-7H2,1H3. The molecule has 0 aromatic carbocycles. The molecule has 2 fully saturated rings. The Labute approximate surface area is 112 Å². The molecule has 2 aliphatic rings. The van der Waals surface area contributed by atoms with Gasteiger partial charge in [-0.15, -0.1) is 11.6 Å². The molecule has 1 saturated heterocycles. The van der Waals surface area contributed by atoms with E-state index in [0.717, 1.165) is 19.3 Å². The Morgan fingerprint density at radius 1 is 1.50 bits per heavy atom. The van der Waals surface area contributed by atoms with E-state index in [2.05, 4.69) is 0 Å². The third-order valence-corrected chi connectivity index (χ3v) is 6.29. The van der Waals surface area contributed by atoms with Gasteiger partial charge < -0.3 is 4.42 Å². The highest BCUT2D eigenvalue weighted by Gasteiger charge is 2.45.